The largest absolute Gasteiger partial charge is 0.326 e. The Morgan fingerprint density at radius 2 is 1.81 bits per heavy atom. The Labute approximate surface area is 188 Å². The van der Waals surface area contributed by atoms with E-state index >= 15 is 0 Å². The lowest BCUT2D eigenvalue weighted by Crippen LogP contribution is -2.56. The van der Waals surface area contributed by atoms with Crippen molar-refractivity contribution in [2.75, 3.05) is 18.4 Å². The van der Waals surface area contributed by atoms with E-state index < -0.39 is 6.04 Å². The average Bonchev–Trinajstić information content (AvgIpc) is 2.78. The molecule has 7 heteroatoms. The van der Waals surface area contributed by atoms with Gasteiger partial charge in [-0.2, -0.15) is 0 Å². The molecule has 2 bridgehead atoms. The third-order valence-electron chi connectivity index (χ3n) is 6.62. The second kappa shape index (κ2) is 9.18. The highest BCUT2D eigenvalue weighted by Crippen LogP contribution is 2.34. The summed E-state index contributed by atoms with van der Waals surface area (Å²) < 4.78 is 1.85. The van der Waals surface area contributed by atoms with E-state index in [0.717, 1.165) is 24.2 Å². The third kappa shape index (κ3) is 4.56. The first-order valence-corrected chi connectivity index (χ1v) is 11.5. The normalized spacial score (nSPS) is 20.4. The molecule has 3 atom stereocenters. The summed E-state index contributed by atoms with van der Waals surface area (Å²) in [5.74, 6) is 0.116. The fourth-order valence-corrected chi connectivity index (χ4v) is 4.87. The summed E-state index contributed by atoms with van der Waals surface area (Å²) in [5.41, 5.74) is 2.95. The Bertz CT molecular complexity index is 1040. The lowest BCUT2D eigenvalue weighted by molar-refractivity contribution is -0.118. The maximum Gasteiger partial charge on any atom is 0.318 e. The summed E-state index contributed by atoms with van der Waals surface area (Å²) in [6.07, 6.45) is 1.92. The number of nitrogens with zero attached hydrogens (tertiary/aromatic N) is 2. The van der Waals surface area contributed by atoms with Gasteiger partial charge in [0.2, 0.25) is 5.91 Å². The van der Waals surface area contributed by atoms with Gasteiger partial charge in [-0.1, -0.05) is 39.0 Å². The highest BCUT2D eigenvalue weighted by atomic mass is 16.2. The van der Waals surface area contributed by atoms with Gasteiger partial charge in [0.05, 0.1) is 0 Å². The molecule has 0 aliphatic carbocycles. The number of benzene rings is 1. The third-order valence-corrected chi connectivity index (χ3v) is 6.62. The van der Waals surface area contributed by atoms with E-state index in [1.807, 2.05) is 48.7 Å². The number of rotatable bonds is 5. The van der Waals surface area contributed by atoms with Gasteiger partial charge in [-0.15, -0.1) is 0 Å². The monoisotopic (exact) mass is 436 g/mol. The predicted octanol–water partition coefficient (Wildman–Crippen LogP) is 3.20. The summed E-state index contributed by atoms with van der Waals surface area (Å²) in [4.78, 5) is 40.1. The molecule has 0 saturated carbocycles. The zero-order valence-electron chi connectivity index (χ0n) is 19.0. The molecule has 0 unspecified atom stereocenters. The quantitative estimate of drug-likeness (QED) is 0.755. The Balaban J connectivity index is 1.43. The van der Waals surface area contributed by atoms with Crippen molar-refractivity contribution in [3.63, 3.8) is 0 Å². The number of aryl methyl sites for hydroxylation is 1. The van der Waals surface area contributed by atoms with Gasteiger partial charge in [0.15, 0.2) is 0 Å². The second-order valence-corrected chi connectivity index (χ2v) is 9.31. The van der Waals surface area contributed by atoms with Crippen LogP contribution in [0.15, 0.2) is 47.3 Å². The summed E-state index contributed by atoms with van der Waals surface area (Å²) in [6.45, 7) is 7.72. The van der Waals surface area contributed by atoms with E-state index in [9.17, 15) is 14.4 Å². The number of nitrogens with one attached hydrogen (secondary N) is 2. The van der Waals surface area contributed by atoms with Crippen molar-refractivity contribution >= 4 is 17.6 Å². The number of aromatic nitrogens is 1. The molecule has 170 valence electrons. The zero-order valence-corrected chi connectivity index (χ0v) is 19.0. The van der Waals surface area contributed by atoms with Crippen molar-refractivity contribution in [3.05, 3.63) is 64.1 Å². The maximum absolute atomic E-state index is 13.1. The summed E-state index contributed by atoms with van der Waals surface area (Å²) in [6, 6.07) is 12.3. The minimum absolute atomic E-state index is 0.0265. The van der Waals surface area contributed by atoms with Crippen LogP contribution >= 0.6 is 0 Å². The fraction of sp³-hybridized carbons (Fsp3) is 0.480. The van der Waals surface area contributed by atoms with Crippen LogP contribution in [0.5, 0.6) is 0 Å². The Hall–Kier alpha value is -3.09. The van der Waals surface area contributed by atoms with Crippen molar-refractivity contribution in [1.29, 1.82) is 0 Å². The highest BCUT2D eigenvalue weighted by molar-refractivity contribution is 5.97. The van der Waals surface area contributed by atoms with Crippen LogP contribution in [-0.2, 0) is 17.8 Å². The number of hydrogen-bond acceptors (Lipinski definition) is 3. The van der Waals surface area contributed by atoms with Crippen molar-refractivity contribution in [2.45, 2.75) is 52.1 Å². The van der Waals surface area contributed by atoms with Crippen LogP contribution in [-0.4, -0.2) is 40.5 Å². The number of hydrogen-bond donors (Lipinski definition) is 2. The van der Waals surface area contributed by atoms with E-state index in [1.54, 1.807) is 17.0 Å². The van der Waals surface area contributed by atoms with Crippen molar-refractivity contribution in [1.82, 2.24) is 14.8 Å². The predicted molar refractivity (Wildman–Crippen MR) is 125 cm³/mol. The van der Waals surface area contributed by atoms with Crippen LogP contribution in [0.4, 0.5) is 10.5 Å². The summed E-state index contributed by atoms with van der Waals surface area (Å²) >= 11 is 0. The first kappa shape index (κ1) is 22.1. The van der Waals surface area contributed by atoms with Crippen LogP contribution in [0.1, 0.15) is 44.4 Å². The van der Waals surface area contributed by atoms with Crippen LogP contribution in [0.3, 0.4) is 0 Å². The van der Waals surface area contributed by atoms with Crippen LogP contribution in [0.25, 0.3) is 0 Å². The SMILES string of the molecule is CCc1ccc(NC(=O)[C@@H](NC(=O)N2C[C@H]3C[C@@H](C2)c2cccc(=O)n2C3)C(C)C)cc1. The Kier molecular flexibility index (Phi) is 6.35. The topological polar surface area (TPSA) is 83.4 Å². The molecule has 3 amide bonds. The molecule has 1 aromatic carbocycles. The van der Waals surface area contributed by atoms with E-state index in [0.29, 0.717) is 19.6 Å². The molecule has 2 aromatic rings. The maximum atomic E-state index is 13.1. The molecule has 1 fully saturated rings. The minimum Gasteiger partial charge on any atom is -0.326 e. The van der Waals surface area contributed by atoms with Crippen LogP contribution in [0.2, 0.25) is 0 Å². The number of pyridine rings is 1. The van der Waals surface area contributed by atoms with Gasteiger partial charge >= 0.3 is 6.03 Å². The van der Waals surface area contributed by atoms with Crippen molar-refractivity contribution in [2.24, 2.45) is 11.8 Å². The number of carbonyl (C=O) groups excluding carboxylic acids is 2. The van der Waals surface area contributed by atoms with Gasteiger partial charge in [-0.3, -0.25) is 9.59 Å². The first-order valence-electron chi connectivity index (χ1n) is 11.5. The number of amides is 3. The Morgan fingerprint density at radius 3 is 2.50 bits per heavy atom. The molecular formula is C25H32N4O3. The van der Waals surface area contributed by atoms with Crippen LogP contribution < -0.4 is 16.2 Å². The van der Waals surface area contributed by atoms with E-state index in [1.165, 1.54) is 5.56 Å². The molecule has 0 radical (unpaired) electrons. The number of urea groups is 1. The zero-order chi connectivity index (χ0) is 22.8. The lowest BCUT2D eigenvalue weighted by atomic mass is 9.83. The molecule has 7 nitrogen and oxygen atoms in total. The Morgan fingerprint density at radius 1 is 1.06 bits per heavy atom. The molecule has 32 heavy (non-hydrogen) atoms. The highest BCUT2D eigenvalue weighted by Gasteiger charge is 2.37. The summed E-state index contributed by atoms with van der Waals surface area (Å²) in [7, 11) is 0. The van der Waals surface area contributed by atoms with E-state index in [4.69, 9.17) is 0 Å². The van der Waals surface area contributed by atoms with Crippen molar-refractivity contribution < 1.29 is 9.59 Å². The number of carbonyl (C=O) groups is 2. The number of likely N-dealkylation sites (tertiary alicyclic amines) is 1. The van der Waals surface area contributed by atoms with Gasteiger partial charge < -0.3 is 20.1 Å². The average molecular weight is 437 g/mol. The van der Waals surface area contributed by atoms with Gasteiger partial charge in [-0.25, -0.2) is 4.79 Å². The number of piperidine rings is 1. The van der Waals surface area contributed by atoms with Gasteiger partial charge in [0.1, 0.15) is 6.04 Å². The number of fused-ring (bicyclic) bond motifs is 4. The van der Waals surface area contributed by atoms with Gasteiger partial charge in [0.25, 0.3) is 5.56 Å². The molecule has 2 N–H and O–H groups in total. The molecule has 4 rings (SSSR count). The van der Waals surface area contributed by atoms with E-state index in [-0.39, 0.29) is 35.3 Å². The minimum atomic E-state index is -0.634. The number of anilines is 1. The standard InChI is InChI=1S/C25H32N4O3/c1-4-17-8-10-20(11-9-17)26-24(31)23(16(2)3)27-25(32)28-13-18-12-19(15-28)21-6-5-7-22(30)29(21)14-18/h5-11,16,18-19,23H,4,12-15H2,1-3H3,(H,26,31)(H,27,32)/t18-,19+,23+/m1/s1. The molecule has 0 spiro atoms. The van der Waals surface area contributed by atoms with Gasteiger partial charge in [-0.05, 0) is 48.4 Å². The molecule has 3 heterocycles. The molecular weight excluding hydrogens is 404 g/mol. The lowest BCUT2D eigenvalue weighted by Gasteiger charge is -2.43. The van der Waals surface area contributed by atoms with Crippen LogP contribution in [0, 0.1) is 11.8 Å². The van der Waals surface area contributed by atoms with Gasteiger partial charge in [0, 0.05) is 43.0 Å². The van der Waals surface area contributed by atoms with E-state index in [2.05, 4.69) is 17.6 Å². The van der Waals surface area contributed by atoms with Crippen molar-refractivity contribution in [3.8, 4) is 0 Å². The molecule has 2 aliphatic heterocycles. The summed E-state index contributed by atoms with van der Waals surface area (Å²) in [5, 5.41) is 5.89. The smallest absolute Gasteiger partial charge is 0.318 e. The second-order valence-electron chi connectivity index (χ2n) is 9.31. The molecule has 2 aliphatic rings. The molecule has 1 aromatic heterocycles. The molecule has 1 saturated heterocycles. The first-order chi connectivity index (χ1) is 15.4. The fourth-order valence-electron chi connectivity index (χ4n) is 4.87.